The second kappa shape index (κ2) is 7.12. The van der Waals surface area contributed by atoms with E-state index in [0.29, 0.717) is 19.0 Å². The zero-order valence-electron chi connectivity index (χ0n) is 10.8. The van der Waals surface area contributed by atoms with Crippen molar-refractivity contribution >= 4 is 5.82 Å². The van der Waals surface area contributed by atoms with Crippen LogP contribution < -0.4 is 10.1 Å². The maximum atomic E-state index is 9.72. The molecule has 1 aromatic heterocycles. The number of rotatable bonds is 7. The minimum absolute atomic E-state index is 0.228. The monoisotopic (exact) mass is 238 g/mol. The van der Waals surface area contributed by atoms with Crippen LogP contribution in [0.2, 0.25) is 0 Å². The van der Waals surface area contributed by atoms with E-state index in [1.54, 1.807) is 6.20 Å². The molecular weight excluding hydrogens is 216 g/mol. The lowest BCUT2D eigenvalue weighted by Gasteiger charge is -2.17. The zero-order chi connectivity index (χ0) is 12.7. The van der Waals surface area contributed by atoms with Gasteiger partial charge in [0.25, 0.3) is 0 Å². The number of ether oxygens (including phenoxy) is 1. The van der Waals surface area contributed by atoms with Crippen molar-refractivity contribution in [3.8, 4) is 5.75 Å². The van der Waals surface area contributed by atoms with E-state index >= 15 is 0 Å². The van der Waals surface area contributed by atoms with Gasteiger partial charge >= 0.3 is 0 Å². The van der Waals surface area contributed by atoms with Crippen molar-refractivity contribution in [2.45, 2.75) is 33.3 Å². The van der Waals surface area contributed by atoms with Crippen molar-refractivity contribution < 1.29 is 9.84 Å². The quantitative estimate of drug-likeness (QED) is 0.765. The number of aromatic nitrogens is 1. The van der Waals surface area contributed by atoms with Crippen LogP contribution >= 0.6 is 0 Å². The van der Waals surface area contributed by atoms with Gasteiger partial charge in [0.15, 0.2) is 11.6 Å². The van der Waals surface area contributed by atoms with Crippen LogP contribution in [0, 0.1) is 5.92 Å². The predicted octanol–water partition coefficient (Wildman–Crippen LogP) is 2.30. The summed E-state index contributed by atoms with van der Waals surface area (Å²) in [5.74, 6) is 1.66. The molecule has 4 heteroatoms. The zero-order valence-corrected chi connectivity index (χ0v) is 10.8. The molecule has 1 rings (SSSR count). The number of hydrogen-bond acceptors (Lipinski definition) is 4. The standard InChI is InChI=1S/C13H22N2O2/c1-4-8-17-12-6-5-7-14-13(12)15-9-11(16)10(2)3/h5-7,10-11,16H,4,8-9H2,1-3H3,(H,14,15). The van der Waals surface area contributed by atoms with Gasteiger partial charge in [0.1, 0.15) is 0 Å². The van der Waals surface area contributed by atoms with E-state index in [1.807, 2.05) is 26.0 Å². The van der Waals surface area contributed by atoms with Crippen molar-refractivity contribution in [3.05, 3.63) is 18.3 Å². The summed E-state index contributed by atoms with van der Waals surface area (Å²) in [6, 6.07) is 3.72. The summed E-state index contributed by atoms with van der Waals surface area (Å²) in [6.07, 6.45) is 2.29. The van der Waals surface area contributed by atoms with E-state index in [4.69, 9.17) is 4.74 Å². The topological polar surface area (TPSA) is 54.4 Å². The molecule has 2 N–H and O–H groups in total. The van der Waals surface area contributed by atoms with Gasteiger partial charge in [0.05, 0.1) is 12.7 Å². The van der Waals surface area contributed by atoms with Crippen molar-refractivity contribution in [3.63, 3.8) is 0 Å². The number of anilines is 1. The fourth-order valence-corrected chi connectivity index (χ4v) is 1.29. The molecule has 0 aliphatic rings. The molecule has 1 aromatic rings. The molecular formula is C13H22N2O2. The third kappa shape index (κ3) is 4.61. The van der Waals surface area contributed by atoms with Crippen LogP contribution in [0.25, 0.3) is 0 Å². The van der Waals surface area contributed by atoms with Crippen LogP contribution in [-0.4, -0.2) is 29.3 Å². The average molecular weight is 238 g/mol. The van der Waals surface area contributed by atoms with Crippen LogP contribution in [0.3, 0.4) is 0 Å². The number of hydrogen-bond donors (Lipinski definition) is 2. The molecule has 0 aliphatic heterocycles. The number of nitrogens with zero attached hydrogens (tertiary/aromatic N) is 1. The summed E-state index contributed by atoms with van der Waals surface area (Å²) in [6.45, 7) is 7.19. The first-order valence-corrected chi connectivity index (χ1v) is 6.15. The Hall–Kier alpha value is -1.29. The van der Waals surface area contributed by atoms with Crippen molar-refractivity contribution in [2.75, 3.05) is 18.5 Å². The average Bonchev–Trinajstić information content (AvgIpc) is 2.34. The second-order valence-electron chi connectivity index (χ2n) is 4.39. The Bertz CT molecular complexity index is 329. The summed E-state index contributed by atoms with van der Waals surface area (Å²) in [5, 5.41) is 12.8. The van der Waals surface area contributed by atoms with Crippen LogP contribution in [-0.2, 0) is 0 Å². The van der Waals surface area contributed by atoms with Gasteiger partial charge in [0.2, 0.25) is 0 Å². The number of nitrogens with one attached hydrogen (secondary N) is 1. The fourth-order valence-electron chi connectivity index (χ4n) is 1.29. The van der Waals surface area contributed by atoms with Crippen LogP contribution in [0.5, 0.6) is 5.75 Å². The molecule has 1 atom stereocenters. The molecule has 0 spiro atoms. The van der Waals surface area contributed by atoms with Gasteiger partial charge in [-0.25, -0.2) is 4.98 Å². The molecule has 1 unspecified atom stereocenters. The highest BCUT2D eigenvalue weighted by Gasteiger charge is 2.10. The van der Waals surface area contributed by atoms with Crippen molar-refractivity contribution in [1.29, 1.82) is 0 Å². The van der Waals surface area contributed by atoms with Gasteiger partial charge in [-0.2, -0.15) is 0 Å². The lowest BCUT2D eigenvalue weighted by Crippen LogP contribution is -2.25. The van der Waals surface area contributed by atoms with Gasteiger partial charge in [-0.3, -0.25) is 0 Å². The SMILES string of the molecule is CCCOc1cccnc1NCC(O)C(C)C. The van der Waals surface area contributed by atoms with E-state index < -0.39 is 0 Å². The van der Waals surface area contributed by atoms with Gasteiger partial charge in [-0.15, -0.1) is 0 Å². The van der Waals surface area contributed by atoms with Gasteiger partial charge in [-0.05, 0) is 24.5 Å². The maximum Gasteiger partial charge on any atom is 0.168 e. The Morgan fingerprint density at radius 3 is 2.88 bits per heavy atom. The minimum atomic E-state index is -0.379. The van der Waals surface area contributed by atoms with E-state index in [2.05, 4.69) is 17.2 Å². The highest BCUT2D eigenvalue weighted by molar-refractivity contribution is 5.49. The molecule has 0 fully saturated rings. The first-order valence-electron chi connectivity index (χ1n) is 6.15. The number of aliphatic hydroxyl groups is 1. The Kier molecular flexibility index (Phi) is 5.77. The van der Waals surface area contributed by atoms with Crippen molar-refractivity contribution in [1.82, 2.24) is 4.98 Å². The lowest BCUT2D eigenvalue weighted by molar-refractivity contribution is 0.137. The molecule has 4 nitrogen and oxygen atoms in total. The van der Waals surface area contributed by atoms with E-state index in [1.165, 1.54) is 0 Å². The van der Waals surface area contributed by atoms with E-state index in [-0.39, 0.29) is 12.0 Å². The van der Waals surface area contributed by atoms with Crippen molar-refractivity contribution in [2.24, 2.45) is 5.92 Å². The Balaban J connectivity index is 2.57. The summed E-state index contributed by atoms with van der Waals surface area (Å²) in [7, 11) is 0. The highest BCUT2D eigenvalue weighted by Crippen LogP contribution is 2.21. The third-order valence-corrected chi connectivity index (χ3v) is 2.48. The second-order valence-corrected chi connectivity index (χ2v) is 4.39. The molecule has 0 amide bonds. The first kappa shape index (κ1) is 13.8. The summed E-state index contributed by atoms with van der Waals surface area (Å²) in [5.41, 5.74) is 0. The molecule has 17 heavy (non-hydrogen) atoms. The van der Waals surface area contributed by atoms with E-state index in [0.717, 1.165) is 12.2 Å². The van der Waals surface area contributed by atoms with Crippen LogP contribution in [0.15, 0.2) is 18.3 Å². The molecule has 0 saturated carbocycles. The van der Waals surface area contributed by atoms with Crippen LogP contribution in [0.4, 0.5) is 5.82 Å². The summed E-state index contributed by atoms with van der Waals surface area (Å²) >= 11 is 0. The van der Waals surface area contributed by atoms with Gasteiger partial charge < -0.3 is 15.2 Å². The third-order valence-electron chi connectivity index (χ3n) is 2.48. The molecule has 0 bridgehead atoms. The predicted molar refractivity (Wildman–Crippen MR) is 69.4 cm³/mol. The Labute approximate surface area is 103 Å². The smallest absolute Gasteiger partial charge is 0.168 e. The van der Waals surface area contributed by atoms with Crippen LogP contribution in [0.1, 0.15) is 27.2 Å². The Morgan fingerprint density at radius 1 is 1.47 bits per heavy atom. The largest absolute Gasteiger partial charge is 0.490 e. The fraction of sp³-hybridized carbons (Fsp3) is 0.615. The number of aliphatic hydroxyl groups excluding tert-OH is 1. The van der Waals surface area contributed by atoms with Gasteiger partial charge in [-0.1, -0.05) is 20.8 Å². The first-order chi connectivity index (χ1) is 8.15. The molecule has 0 aliphatic carbocycles. The van der Waals surface area contributed by atoms with Gasteiger partial charge in [0, 0.05) is 12.7 Å². The molecule has 0 aromatic carbocycles. The summed E-state index contributed by atoms with van der Waals surface area (Å²) in [4.78, 5) is 4.22. The normalized spacial score (nSPS) is 12.5. The molecule has 0 saturated heterocycles. The summed E-state index contributed by atoms with van der Waals surface area (Å²) < 4.78 is 5.57. The molecule has 96 valence electrons. The lowest BCUT2D eigenvalue weighted by atomic mass is 10.1. The number of pyridine rings is 1. The minimum Gasteiger partial charge on any atom is -0.490 e. The Morgan fingerprint density at radius 2 is 2.24 bits per heavy atom. The highest BCUT2D eigenvalue weighted by atomic mass is 16.5. The molecule has 1 heterocycles. The molecule has 0 radical (unpaired) electrons. The van der Waals surface area contributed by atoms with E-state index in [9.17, 15) is 5.11 Å². The maximum absolute atomic E-state index is 9.72.